The van der Waals surface area contributed by atoms with Crippen molar-refractivity contribution in [3.05, 3.63) is 29.8 Å². The third-order valence-corrected chi connectivity index (χ3v) is 3.89. The molecule has 1 aromatic rings. The van der Waals surface area contributed by atoms with E-state index in [4.69, 9.17) is 0 Å². The van der Waals surface area contributed by atoms with Crippen molar-refractivity contribution >= 4 is 5.69 Å². The van der Waals surface area contributed by atoms with E-state index in [1.165, 1.54) is 12.1 Å². The number of anilines is 1. The Balaban J connectivity index is 2.26. The van der Waals surface area contributed by atoms with Gasteiger partial charge in [-0.3, -0.25) is 0 Å². The number of aliphatic hydroxyl groups is 1. The number of para-hydroxylation sites is 1. The summed E-state index contributed by atoms with van der Waals surface area (Å²) in [7, 11) is 0. The van der Waals surface area contributed by atoms with Gasteiger partial charge in [-0.05, 0) is 30.7 Å². The summed E-state index contributed by atoms with van der Waals surface area (Å²) in [5, 5.41) is 10.1. The van der Waals surface area contributed by atoms with Crippen LogP contribution in [0.5, 0.6) is 0 Å². The molecule has 1 aromatic carbocycles. The molecule has 1 fully saturated rings. The monoisotopic (exact) mass is 247 g/mol. The summed E-state index contributed by atoms with van der Waals surface area (Å²) in [4.78, 5) is 2.45. The van der Waals surface area contributed by atoms with Crippen molar-refractivity contribution in [1.29, 1.82) is 0 Å². The van der Waals surface area contributed by atoms with Crippen LogP contribution in [0.1, 0.15) is 45.3 Å². The van der Waals surface area contributed by atoms with E-state index in [2.05, 4.69) is 36.9 Å². The summed E-state index contributed by atoms with van der Waals surface area (Å²) in [5.74, 6) is 1.47. The highest BCUT2D eigenvalue weighted by molar-refractivity contribution is 5.55. The van der Waals surface area contributed by atoms with E-state index >= 15 is 0 Å². The third kappa shape index (κ3) is 2.86. The quantitative estimate of drug-likeness (QED) is 0.882. The lowest BCUT2D eigenvalue weighted by Gasteiger charge is -2.38. The molecule has 1 aliphatic heterocycles. The molecule has 1 N–H and O–H groups in total. The van der Waals surface area contributed by atoms with Crippen molar-refractivity contribution < 1.29 is 5.11 Å². The average Bonchev–Trinajstić information content (AvgIpc) is 2.36. The van der Waals surface area contributed by atoms with Gasteiger partial charge in [0.1, 0.15) is 0 Å². The molecule has 3 unspecified atom stereocenters. The average molecular weight is 247 g/mol. The van der Waals surface area contributed by atoms with Crippen LogP contribution >= 0.6 is 0 Å². The van der Waals surface area contributed by atoms with Gasteiger partial charge in [0.25, 0.3) is 0 Å². The third-order valence-electron chi connectivity index (χ3n) is 3.89. The van der Waals surface area contributed by atoms with Gasteiger partial charge in [0.15, 0.2) is 0 Å². The van der Waals surface area contributed by atoms with Gasteiger partial charge in [-0.1, -0.05) is 39.0 Å². The maximum Gasteiger partial charge on any atom is 0.0807 e. The lowest BCUT2D eigenvalue weighted by molar-refractivity contribution is 0.173. The maximum atomic E-state index is 10.1. The smallest absolute Gasteiger partial charge is 0.0807 e. The summed E-state index contributed by atoms with van der Waals surface area (Å²) >= 11 is 0. The Bertz CT molecular complexity index is 380. The number of aliphatic hydroxyl groups excluding tert-OH is 1. The SMILES string of the molecule is CCC(O)c1ccccc1N1CC(C)CC(C)C1. The van der Waals surface area contributed by atoms with Crippen molar-refractivity contribution in [2.75, 3.05) is 18.0 Å². The summed E-state index contributed by atoms with van der Waals surface area (Å²) in [5.41, 5.74) is 2.31. The Labute approximate surface area is 111 Å². The Morgan fingerprint density at radius 1 is 1.22 bits per heavy atom. The number of benzene rings is 1. The van der Waals surface area contributed by atoms with Gasteiger partial charge in [-0.15, -0.1) is 0 Å². The highest BCUT2D eigenvalue weighted by Gasteiger charge is 2.24. The van der Waals surface area contributed by atoms with Crippen LogP contribution in [0.15, 0.2) is 24.3 Å². The number of nitrogens with zero attached hydrogens (tertiary/aromatic N) is 1. The molecular weight excluding hydrogens is 222 g/mol. The van der Waals surface area contributed by atoms with Crippen LogP contribution in [-0.2, 0) is 0 Å². The second kappa shape index (κ2) is 5.75. The zero-order valence-electron chi connectivity index (χ0n) is 11.8. The van der Waals surface area contributed by atoms with Gasteiger partial charge in [0.2, 0.25) is 0 Å². The largest absolute Gasteiger partial charge is 0.388 e. The first kappa shape index (κ1) is 13.4. The molecule has 1 saturated heterocycles. The Morgan fingerprint density at radius 2 is 1.83 bits per heavy atom. The number of hydrogen-bond donors (Lipinski definition) is 1. The molecule has 0 radical (unpaired) electrons. The van der Waals surface area contributed by atoms with Gasteiger partial charge in [-0.25, -0.2) is 0 Å². The van der Waals surface area contributed by atoms with Gasteiger partial charge < -0.3 is 10.0 Å². The molecule has 2 heteroatoms. The van der Waals surface area contributed by atoms with Crippen LogP contribution in [0.25, 0.3) is 0 Å². The Kier molecular flexibility index (Phi) is 4.28. The van der Waals surface area contributed by atoms with Crippen LogP contribution < -0.4 is 4.90 Å². The van der Waals surface area contributed by atoms with Crippen molar-refractivity contribution in [1.82, 2.24) is 0 Å². The van der Waals surface area contributed by atoms with Crippen LogP contribution in [0.4, 0.5) is 5.69 Å². The lowest BCUT2D eigenvalue weighted by Crippen LogP contribution is -2.39. The lowest BCUT2D eigenvalue weighted by atomic mass is 9.90. The highest BCUT2D eigenvalue weighted by Crippen LogP contribution is 2.32. The van der Waals surface area contributed by atoms with Crippen LogP contribution in [0.2, 0.25) is 0 Å². The topological polar surface area (TPSA) is 23.5 Å². The summed E-state index contributed by atoms with van der Waals surface area (Å²) < 4.78 is 0. The van der Waals surface area contributed by atoms with Crippen LogP contribution in [0, 0.1) is 11.8 Å². The second-order valence-electron chi connectivity index (χ2n) is 5.83. The molecule has 1 heterocycles. The van der Waals surface area contributed by atoms with E-state index in [-0.39, 0.29) is 6.10 Å². The predicted molar refractivity (Wildman–Crippen MR) is 76.9 cm³/mol. The first-order valence-electron chi connectivity index (χ1n) is 7.13. The van der Waals surface area contributed by atoms with E-state index in [0.29, 0.717) is 0 Å². The Morgan fingerprint density at radius 3 is 2.44 bits per heavy atom. The molecule has 0 bridgehead atoms. The van der Waals surface area contributed by atoms with Gasteiger partial charge in [0.05, 0.1) is 6.10 Å². The van der Waals surface area contributed by atoms with Gasteiger partial charge >= 0.3 is 0 Å². The van der Waals surface area contributed by atoms with Crippen molar-refractivity contribution in [3.8, 4) is 0 Å². The molecule has 0 saturated carbocycles. The molecule has 100 valence electrons. The molecule has 0 aliphatic carbocycles. The fourth-order valence-electron chi connectivity index (χ4n) is 3.14. The molecule has 3 atom stereocenters. The van der Waals surface area contributed by atoms with Crippen molar-refractivity contribution in [2.45, 2.75) is 39.7 Å². The summed E-state index contributed by atoms with van der Waals surface area (Å²) in [6, 6.07) is 8.31. The first-order chi connectivity index (χ1) is 8.61. The number of hydrogen-bond acceptors (Lipinski definition) is 2. The normalized spacial score (nSPS) is 26.1. The minimum absolute atomic E-state index is 0.339. The fourth-order valence-corrected chi connectivity index (χ4v) is 3.14. The van der Waals surface area contributed by atoms with Gasteiger partial charge in [-0.2, -0.15) is 0 Å². The first-order valence-corrected chi connectivity index (χ1v) is 7.13. The summed E-state index contributed by atoms with van der Waals surface area (Å²) in [6.45, 7) is 8.89. The molecular formula is C16H25NO. The van der Waals surface area contributed by atoms with E-state index in [0.717, 1.165) is 36.9 Å². The second-order valence-corrected chi connectivity index (χ2v) is 5.83. The standard InChI is InChI=1S/C16H25NO/c1-4-16(18)14-7-5-6-8-15(14)17-10-12(2)9-13(3)11-17/h5-8,12-13,16,18H,4,9-11H2,1-3H3. The van der Waals surface area contributed by atoms with E-state index in [1.54, 1.807) is 0 Å². The maximum absolute atomic E-state index is 10.1. The van der Waals surface area contributed by atoms with Crippen LogP contribution in [0.3, 0.4) is 0 Å². The minimum atomic E-state index is -0.339. The summed E-state index contributed by atoms with van der Waals surface area (Å²) in [6.07, 6.45) is 1.75. The molecule has 2 nitrogen and oxygen atoms in total. The predicted octanol–water partition coefficient (Wildman–Crippen LogP) is 3.61. The molecule has 1 aliphatic rings. The van der Waals surface area contributed by atoms with Crippen molar-refractivity contribution in [2.24, 2.45) is 11.8 Å². The van der Waals surface area contributed by atoms with Gasteiger partial charge in [0, 0.05) is 24.3 Å². The van der Waals surface area contributed by atoms with Crippen LogP contribution in [-0.4, -0.2) is 18.2 Å². The molecule has 0 aromatic heterocycles. The highest BCUT2D eigenvalue weighted by atomic mass is 16.3. The van der Waals surface area contributed by atoms with E-state index < -0.39 is 0 Å². The molecule has 0 spiro atoms. The minimum Gasteiger partial charge on any atom is -0.388 e. The number of piperidine rings is 1. The molecule has 18 heavy (non-hydrogen) atoms. The Hall–Kier alpha value is -1.02. The van der Waals surface area contributed by atoms with Crippen molar-refractivity contribution in [3.63, 3.8) is 0 Å². The zero-order valence-corrected chi connectivity index (χ0v) is 11.8. The molecule has 2 rings (SSSR count). The van der Waals surface area contributed by atoms with E-state index in [9.17, 15) is 5.11 Å². The zero-order chi connectivity index (χ0) is 13.1. The number of rotatable bonds is 3. The van der Waals surface area contributed by atoms with E-state index in [1.807, 2.05) is 13.0 Å². The molecule has 0 amide bonds. The fraction of sp³-hybridized carbons (Fsp3) is 0.625.